The van der Waals surface area contributed by atoms with Crippen molar-refractivity contribution in [3.8, 4) is 0 Å². The second-order valence-corrected chi connectivity index (χ2v) is 13.3. The number of hydrogen-bond acceptors (Lipinski definition) is 9. The summed E-state index contributed by atoms with van der Waals surface area (Å²) in [7, 11) is 2.55. The number of nitrogens with one attached hydrogen (secondary N) is 2. The molecular weight excluding hydrogens is 629 g/mol. The highest BCUT2D eigenvalue weighted by Crippen LogP contribution is 2.40. The highest BCUT2D eigenvalue weighted by molar-refractivity contribution is 7.26. The quantitative estimate of drug-likeness (QED) is 0.175. The van der Waals surface area contributed by atoms with Gasteiger partial charge in [0.25, 0.3) is 11.8 Å². The van der Waals surface area contributed by atoms with Crippen molar-refractivity contribution in [2.24, 2.45) is 0 Å². The van der Waals surface area contributed by atoms with Crippen molar-refractivity contribution >= 4 is 109 Å². The van der Waals surface area contributed by atoms with Crippen molar-refractivity contribution in [3.63, 3.8) is 0 Å². The fourth-order valence-corrected chi connectivity index (χ4v) is 8.25. The molecule has 0 fully saturated rings. The van der Waals surface area contributed by atoms with Crippen LogP contribution in [-0.4, -0.2) is 38.0 Å². The number of rotatable bonds is 6. The molecule has 3 aromatic heterocycles. The van der Waals surface area contributed by atoms with E-state index in [9.17, 15) is 19.2 Å². The van der Waals surface area contributed by atoms with E-state index in [0.29, 0.717) is 31.9 Å². The molecule has 0 saturated carbocycles. The Bertz CT molecular complexity index is 2120. The Hall–Kier alpha value is -5.10. The average molecular weight is 651 g/mol. The van der Waals surface area contributed by atoms with Crippen LogP contribution in [-0.2, 0) is 9.47 Å². The van der Waals surface area contributed by atoms with E-state index in [0.717, 1.165) is 29.6 Å². The van der Waals surface area contributed by atoms with E-state index in [1.807, 2.05) is 60.7 Å². The molecule has 0 radical (unpaired) electrons. The van der Waals surface area contributed by atoms with Crippen LogP contribution in [0.2, 0.25) is 0 Å². The van der Waals surface area contributed by atoms with Gasteiger partial charge in [-0.3, -0.25) is 9.59 Å². The van der Waals surface area contributed by atoms with Crippen LogP contribution in [0.5, 0.6) is 0 Å². The van der Waals surface area contributed by atoms with Crippen molar-refractivity contribution in [2.75, 3.05) is 24.9 Å². The Balaban J connectivity index is 1.30. The highest BCUT2D eigenvalue weighted by Gasteiger charge is 2.23. The summed E-state index contributed by atoms with van der Waals surface area (Å²) in [5.74, 6) is -1.94. The number of amides is 2. The minimum absolute atomic E-state index is 0.168. The topological polar surface area (TPSA) is 111 Å². The summed E-state index contributed by atoms with van der Waals surface area (Å²) in [5.41, 5.74) is 0.937. The van der Waals surface area contributed by atoms with E-state index < -0.39 is 11.9 Å². The standard InChI is InChI=1S/C34H22N2O6S3/c1-41-33(39)21-13-19-20-14-22(34(40)42-2)24(36-32(38)30-12-18-8-4-6-10-26(18)44-30)16-28(20)45-27(19)15-23(21)35-31(37)29-11-17-7-3-5-9-25(17)43-29/h3-16H,1-2H3,(H,35,37)(H,36,38). The van der Waals surface area contributed by atoms with Gasteiger partial charge in [0.2, 0.25) is 0 Å². The molecule has 0 bridgehead atoms. The van der Waals surface area contributed by atoms with E-state index in [2.05, 4.69) is 10.6 Å². The maximum absolute atomic E-state index is 13.3. The lowest BCUT2D eigenvalue weighted by Crippen LogP contribution is -2.14. The molecule has 7 rings (SSSR count). The zero-order valence-electron chi connectivity index (χ0n) is 23.8. The highest BCUT2D eigenvalue weighted by atomic mass is 32.1. The van der Waals surface area contributed by atoms with Crippen LogP contribution in [0.25, 0.3) is 40.3 Å². The SMILES string of the molecule is COC(=O)c1cc2c(cc1NC(=O)c1cc3ccccc3s1)sc1cc(NC(=O)c3cc4ccccc4s3)c(C(=O)OC)cc12. The normalized spacial score (nSPS) is 11.2. The van der Waals surface area contributed by atoms with Gasteiger partial charge in [-0.15, -0.1) is 34.0 Å². The predicted octanol–water partition coefficient (Wildman–Crippen LogP) is 8.56. The molecule has 8 nitrogen and oxygen atoms in total. The van der Waals surface area contributed by atoms with Gasteiger partial charge in [0.1, 0.15) is 0 Å². The van der Waals surface area contributed by atoms with Gasteiger partial charge < -0.3 is 20.1 Å². The fourth-order valence-electron chi connectivity index (χ4n) is 5.19. The Morgan fingerprint density at radius 2 is 0.956 bits per heavy atom. The third kappa shape index (κ3) is 5.20. The van der Waals surface area contributed by atoms with Gasteiger partial charge in [0, 0.05) is 29.6 Å². The lowest BCUT2D eigenvalue weighted by atomic mass is 10.0. The predicted molar refractivity (Wildman–Crippen MR) is 182 cm³/mol. The third-order valence-electron chi connectivity index (χ3n) is 7.36. The molecule has 0 aliphatic rings. The molecule has 2 amide bonds. The molecular formula is C34H22N2O6S3. The summed E-state index contributed by atoms with van der Waals surface area (Å²) in [6.45, 7) is 0. The molecule has 0 saturated heterocycles. The van der Waals surface area contributed by atoms with Gasteiger partial charge in [0.05, 0.1) is 46.5 Å². The second-order valence-electron chi connectivity index (χ2n) is 10.1. The fraction of sp³-hybridized carbons (Fsp3) is 0.0588. The first-order valence-electron chi connectivity index (χ1n) is 13.6. The summed E-state index contributed by atoms with van der Waals surface area (Å²) < 4.78 is 13.6. The zero-order valence-corrected chi connectivity index (χ0v) is 26.2. The minimum atomic E-state index is -0.622. The lowest BCUT2D eigenvalue weighted by molar-refractivity contribution is 0.0593. The maximum atomic E-state index is 13.3. The van der Waals surface area contributed by atoms with E-state index in [-0.39, 0.29) is 22.9 Å². The number of fused-ring (bicyclic) bond motifs is 5. The second kappa shape index (κ2) is 11.4. The van der Waals surface area contributed by atoms with Gasteiger partial charge in [-0.2, -0.15) is 0 Å². The van der Waals surface area contributed by atoms with E-state index >= 15 is 0 Å². The van der Waals surface area contributed by atoms with Gasteiger partial charge in [0.15, 0.2) is 0 Å². The maximum Gasteiger partial charge on any atom is 0.339 e. The number of ether oxygens (including phenoxy) is 2. The lowest BCUT2D eigenvalue weighted by Gasteiger charge is -2.11. The van der Waals surface area contributed by atoms with Crippen LogP contribution < -0.4 is 10.6 Å². The Labute approximate surface area is 267 Å². The molecule has 7 aromatic rings. The summed E-state index contributed by atoms with van der Waals surface area (Å²) >= 11 is 4.12. The smallest absolute Gasteiger partial charge is 0.339 e. The van der Waals surface area contributed by atoms with Crippen molar-refractivity contribution in [3.05, 3.63) is 106 Å². The molecule has 0 unspecified atom stereocenters. The zero-order chi connectivity index (χ0) is 31.2. The largest absolute Gasteiger partial charge is 0.465 e. The van der Waals surface area contributed by atoms with Crippen molar-refractivity contribution < 1.29 is 28.7 Å². The molecule has 45 heavy (non-hydrogen) atoms. The first kappa shape index (κ1) is 28.7. The molecule has 3 heterocycles. The van der Waals surface area contributed by atoms with E-state index in [1.54, 1.807) is 24.3 Å². The van der Waals surface area contributed by atoms with Gasteiger partial charge in [-0.25, -0.2) is 9.59 Å². The Kier molecular flexibility index (Phi) is 7.28. The number of anilines is 2. The number of carbonyl (C=O) groups excluding carboxylic acids is 4. The molecule has 2 N–H and O–H groups in total. The first-order valence-corrected chi connectivity index (χ1v) is 16.1. The summed E-state index contributed by atoms with van der Waals surface area (Å²) in [4.78, 5) is 53.4. The molecule has 0 atom stereocenters. The summed E-state index contributed by atoms with van der Waals surface area (Å²) in [6.07, 6.45) is 0. The number of benzene rings is 4. The summed E-state index contributed by atoms with van der Waals surface area (Å²) in [5, 5.41) is 9.06. The molecule has 222 valence electrons. The molecule has 0 spiro atoms. The number of carbonyl (C=O) groups is 4. The Morgan fingerprint density at radius 1 is 0.533 bits per heavy atom. The summed E-state index contributed by atoms with van der Waals surface area (Å²) in [6, 6.07) is 25.8. The molecule has 4 aromatic carbocycles. The minimum Gasteiger partial charge on any atom is -0.465 e. The van der Waals surface area contributed by atoms with Crippen molar-refractivity contribution in [1.82, 2.24) is 0 Å². The van der Waals surface area contributed by atoms with Gasteiger partial charge in [-0.1, -0.05) is 36.4 Å². The van der Waals surface area contributed by atoms with Crippen LogP contribution in [0.15, 0.2) is 84.9 Å². The number of esters is 2. The first-order chi connectivity index (χ1) is 21.8. The van der Waals surface area contributed by atoms with Crippen molar-refractivity contribution in [1.29, 1.82) is 0 Å². The van der Waals surface area contributed by atoms with Crippen LogP contribution in [0.4, 0.5) is 11.4 Å². The number of methoxy groups -OCH3 is 2. The number of thiophene rings is 3. The van der Waals surface area contributed by atoms with Crippen LogP contribution in [0, 0.1) is 0 Å². The average Bonchev–Trinajstić information content (AvgIpc) is 3.78. The molecule has 0 aliphatic carbocycles. The van der Waals surface area contributed by atoms with E-state index in [4.69, 9.17) is 9.47 Å². The van der Waals surface area contributed by atoms with Gasteiger partial charge >= 0.3 is 11.9 Å². The van der Waals surface area contributed by atoms with Crippen LogP contribution in [0.3, 0.4) is 0 Å². The van der Waals surface area contributed by atoms with Crippen LogP contribution >= 0.6 is 34.0 Å². The Morgan fingerprint density at radius 3 is 1.36 bits per heavy atom. The van der Waals surface area contributed by atoms with Crippen molar-refractivity contribution in [2.45, 2.75) is 0 Å². The molecule has 0 aliphatic heterocycles. The molecule has 11 heteroatoms. The van der Waals surface area contributed by atoms with Gasteiger partial charge in [-0.05, 0) is 59.3 Å². The monoisotopic (exact) mass is 650 g/mol. The number of hydrogen-bond donors (Lipinski definition) is 2. The van der Waals surface area contributed by atoms with Crippen LogP contribution in [0.1, 0.15) is 40.1 Å². The van der Waals surface area contributed by atoms with E-state index in [1.165, 1.54) is 48.2 Å². The third-order valence-corrected chi connectivity index (χ3v) is 10.7.